The highest BCUT2D eigenvalue weighted by Crippen LogP contribution is 2.41. The lowest BCUT2D eigenvalue weighted by Gasteiger charge is -2.38. The first-order valence-electron chi connectivity index (χ1n) is 9.35. The van der Waals surface area contributed by atoms with E-state index in [-0.39, 0.29) is 11.4 Å². The highest BCUT2D eigenvalue weighted by molar-refractivity contribution is 7.89. The third kappa shape index (κ3) is 3.77. The van der Waals surface area contributed by atoms with Gasteiger partial charge in [-0.1, -0.05) is 73.3 Å². The molecule has 1 heterocycles. The second-order valence-electron chi connectivity index (χ2n) is 6.72. The number of benzene rings is 3. The Morgan fingerprint density at radius 2 is 1.66 bits per heavy atom. The molecule has 0 bridgehead atoms. The van der Waals surface area contributed by atoms with Gasteiger partial charge in [-0.3, -0.25) is 0 Å². The minimum Gasteiger partial charge on any atom is -0.489 e. The number of anilines is 1. The lowest BCUT2D eigenvalue weighted by Crippen LogP contribution is -2.42. The topological polar surface area (TPSA) is 58.6 Å². The monoisotopic (exact) mass is 406 g/mol. The third-order valence-corrected chi connectivity index (χ3v) is 6.67. The Morgan fingerprint density at radius 1 is 0.966 bits per heavy atom. The van der Waals surface area contributed by atoms with Gasteiger partial charge in [0.25, 0.3) is 0 Å². The number of hydrogen-bond acceptors (Lipinski definition) is 4. The molecule has 0 saturated carbocycles. The molecule has 0 unspecified atom stereocenters. The van der Waals surface area contributed by atoms with Gasteiger partial charge >= 0.3 is 0 Å². The molecule has 0 spiro atoms. The fraction of sp³-hybridized carbons (Fsp3) is 0.130. The van der Waals surface area contributed by atoms with Crippen molar-refractivity contribution in [3.63, 3.8) is 0 Å². The summed E-state index contributed by atoms with van der Waals surface area (Å²) >= 11 is 0. The largest absolute Gasteiger partial charge is 0.489 e. The second kappa shape index (κ2) is 8.11. The van der Waals surface area contributed by atoms with Crippen LogP contribution in [0.4, 0.5) is 5.69 Å². The maximum absolute atomic E-state index is 13.5. The minimum atomic E-state index is -3.72. The summed E-state index contributed by atoms with van der Waals surface area (Å²) in [5.41, 5.74) is 2.25. The Hall–Kier alpha value is -3.09. The molecule has 1 atom stereocenters. The SMILES string of the molecule is C=CCOc1ccccc1[C@H]1Nc2ccccc2S(=O)(=O)N1Cc1ccccc1. The van der Waals surface area contributed by atoms with Crippen LogP contribution < -0.4 is 10.1 Å². The third-order valence-electron chi connectivity index (χ3n) is 4.81. The average molecular weight is 407 g/mol. The maximum atomic E-state index is 13.5. The molecular formula is C23H22N2O3S. The molecule has 0 fully saturated rings. The van der Waals surface area contributed by atoms with Gasteiger partial charge in [-0.05, 0) is 23.8 Å². The van der Waals surface area contributed by atoms with Crippen LogP contribution in [0.3, 0.4) is 0 Å². The molecule has 0 saturated heterocycles. The second-order valence-corrected chi connectivity index (χ2v) is 8.58. The van der Waals surface area contributed by atoms with E-state index in [1.54, 1.807) is 24.3 Å². The van der Waals surface area contributed by atoms with Crippen LogP contribution >= 0.6 is 0 Å². The number of para-hydroxylation sites is 2. The van der Waals surface area contributed by atoms with Gasteiger partial charge in [-0.25, -0.2) is 8.42 Å². The van der Waals surface area contributed by atoms with E-state index < -0.39 is 16.2 Å². The van der Waals surface area contributed by atoms with Crippen molar-refractivity contribution in [2.24, 2.45) is 0 Å². The van der Waals surface area contributed by atoms with Gasteiger partial charge in [0.2, 0.25) is 10.0 Å². The van der Waals surface area contributed by atoms with Crippen LogP contribution in [-0.2, 0) is 16.6 Å². The van der Waals surface area contributed by atoms with Crippen LogP contribution in [0.25, 0.3) is 0 Å². The number of rotatable bonds is 6. The minimum absolute atomic E-state index is 0.241. The summed E-state index contributed by atoms with van der Waals surface area (Å²) in [5, 5.41) is 3.40. The van der Waals surface area contributed by atoms with E-state index in [1.807, 2.05) is 60.7 Å². The fourth-order valence-corrected chi connectivity index (χ4v) is 5.13. The molecule has 0 amide bonds. The number of ether oxygens (including phenoxy) is 1. The first-order valence-corrected chi connectivity index (χ1v) is 10.8. The molecule has 148 valence electrons. The number of hydrogen-bond donors (Lipinski definition) is 1. The molecule has 0 radical (unpaired) electrons. The first-order chi connectivity index (χ1) is 14.1. The average Bonchev–Trinajstić information content (AvgIpc) is 2.75. The van der Waals surface area contributed by atoms with Gasteiger partial charge in [0, 0.05) is 12.1 Å². The van der Waals surface area contributed by atoms with Crippen molar-refractivity contribution < 1.29 is 13.2 Å². The fourth-order valence-electron chi connectivity index (χ4n) is 3.45. The Morgan fingerprint density at radius 3 is 2.45 bits per heavy atom. The van der Waals surface area contributed by atoms with Crippen LogP contribution in [0.1, 0.15) is 17.3 Å². The van der Waals surface area contributed by atoms with E-state index in [1.165, 1.54) is 4.31 Å². The number of sulfonamides is 1. The molecule has 0 aromatic heterocycles. The van der Waals surface area contributed by atoms with Gasteiger partial charge in [0.1, 0.15) is 23.4 Å². The maximum Gasteiger partial charge on any atom is 0.247 e. The van der Waals surface area contributed by atoms with Crippen molar-refractivity contribution in [3.8, 4) is 5.75 Å². The smallest absolute Gasteiger partial charge is 0.247 e. The van der Waals surface area contributed by atoms with Crippen LogP contribution in [0.15, 0.2) is 96.4 Å². The quantitative estimate of drug-likeness (QED) is 0.610. The zero-order valence-corrected chi connectivity index (χ0v) is 16.7. The van der Waals surface area contributed by atoms with Crippen LogP contribution in [-0.4, -0.2) is 19.3 Å². The molecular weight excluding hydrogens is 384 g/mol. The van der Waals surface area contributed by atoms with Gasteiger partial charge in [-0.2, -0.15) is 4.31 Å². The van der Waals surface area contributed by atoms with Crippen LogP contribution in [0.5, 0.6) is 5.75 Å². The lowest BCUT2D eigenvalue weighted by atomic mass is 10.1. The van der Waals surface area contributed by atoms with Crippen LogP contribution in [0, 0.1) is 0 Å². The van der Waals surface area contributed by atoms with E-state index in [0.29, 0.717) is 18.0 Å². The van der Waals surface area contributed by atoms with Crippen molar-refractivity contribution >= 4 is 15.7 Å². The highest BCUT2D eigenvalue weighted by Gasteiger charge is 2.39. The van der Waals surface area contributed by atoms with Crippen LogP contribution in [0.2, 0.25) is 0 Å². The summed E-state index contributed by atoms with van der Waals surface area (Å²) < 4.78 is 34.4. The standard InChI is InChI=1S/C23H22N2O3S/c1-2-16-28-21-14-8-6-12-19(21)23-24-20-13-7-9-15-22(20)29(26,27)25(23)17-18-10-4-3-5-11-18/h2-15,23-24H,1,16-17H2/t23-/m0/s1. The van der Waals surface area contributed by atoms with Crippen molar-refractivity contribution in [2.75, 3.05) is 11.9 Å². The molecule has 0 aliphatic carbocycles. The number of fused-ring (bicyclic) bond motifs is 1. The lowest BCUT2D eigenvalue weighted by molar-refractivity contribution is 0.313. The highest BCUT2D eigenvalue weighted by atomic mass is 32.2. The van der Waals surface area contributed by atoms with E-state index in [9.17, 15) is 8.42 Å². The molecule has 6 heteroatoms. The predicted octanol–water partition coefficient (Wildman–Crippen LogP) is 4.57. The normalized spacial score (nSPS) is 17.7. The van der Waals surface area contributed by atoms with Crippen molar-refractivity contribution in [1.82, 2.24) is 4.31 Å². The molecule has 3 aromatic rings. The molecule has 1 N–H and O–H groups in total. The van der Waals surface area contributed by atoms with E-state index in [0.717, 1.165) is 11.1 Å². The van der Waals surface area contributed by atoms with Gasteiger partial charge in [-0.15, -0.1) is 0 Å². The predicted molar refractivity (Wildman–Crippen MR) is 114 cm³/mol. The molecule has 3 aromatic carbocycles. The van der Waals surface area contributed by atoms with Crippen molar-refractivity contribution in [2.45, 2.75) is 17.6 Å². The van der Waals surface area contributed by atoms with Gasteiger partial charge in [0.15, 0.2) is 0 Å². The zero-order valence-electron chi connectivity index (χ0n) is 15.9. The molecule has 5 nitrogen and oxygen atoms in total. The Kier molecular flexibility index (Phi) is 5.38. The summed E-state index contributed by atoms with van der Waals surface area (Å²) in [6.07, 6.45) is 1.06. The first kappa shape index (κ1) is 19.2. The number of nitrogens with one attached hydrogen (secondary N) is 1. The zero-order chi connectivity index (χ0) is 20.3. The summed E-state index contributed by atoms with van der Waals surface area (Å²) in [6.45, 7) is 4.27. The van der Waals surface area contributed by atoms with Crippen molar-refractivity contribution in [1.29, 1.82) is 0 Å². The molecule has 1 aliphatic heterocycles. The molecule has 4 rings (SSSR count). The Balaban J connectivity index is 1.83. The molecule has 29 heavy (non-hydrogen) atoms. The summed E-state index contributed by atoms with van der Waals surface area (Å²) in [7, 11) is -3.72. The number of nitrogens with zero attached hydrogens (tertiary/aromatic N) is 1. The van der Waals surface area contributed by atoms with E-state index >= 15 is 0 Å². The molecule has 1 aliphatic rings. The van der Waals surface area contributed by atoms with E-state index in [2.05, 4.69) is 11.9 Å². The summed E-state index contributed by atoms with van der Waals surface area (Å²) in [6, 6.07) is 24.0. The van der Waals surface area contributed by atoms with Crippen molar-refractivity contribution in [3.05, 3.63) is 103 Å². The Bertz CT molecular complexity index is 1110. The van der Waals surface area contributed by atoms with Gasteiger partial charge in [0.05, 0.1) is 5.69 Å². The van der Waals surface area contributed by atoms with Gasteiger partial charge < -0.3 is 10.1 Å². The van der Waals surface area contributed by atoms with E-state index in [4.69, 9.17) is 4.74 Å². The Labute approximate surface area is 171 Å². The summed E-state index contributed by atoms with van der Waals surface area (Å²) in [5.74, 6) is 0.623. The summed E-state index contributed by atoms with van der Waals surface area (Å²) in [4.78, 5) is 0.275.